The predicted molar refractivity (Wildman–Crippen MR) is 122 cm³/mol. The third-order valence-corrected chi connectivity index (χ3v) is 5.62. The fraction of sp³-hybridized carbons (Fsp3) is 0.333. The SMILES string of the molecule is CO[C@H](C)Oc1ccc(-c2cc(=O)c3c(O)cc(O[C@@H]4OC(C(=O)O)[C@@H](O)C(O)C4O)cc3o2)cc1. The Morgan fingerprint density at radius 1 is 1.00 bits per heavy atom. The number of carbonyl (C=O) groups is 1. The van der Waals surface area contributed by atoms with Gasteiger partial charge >= 0.3 is 5.97 Å². The molecule has 0 amide bonds. The molecule has 36 heavy (non-hydrogen) atoms. The van der Waals surface area contributed by atoms with Crippen molar-refractivity contribution in [3.05, 3.63) is 52.7 Å². The van der Waals surface area contributed by atoms with Gasteiger partial charge in [0.15, 0.2) is 17.8 Å². The Balaban J connectivity index is 1.65. The Hall–Kier alpha value is -3.68. The Labute approximate surface area is 203 Å². The molecule has 1 saturated heterocycles. The van der Waals surface area contributed by atoms with E-state index in [9.17, 15) is 35.1 Å². The van der Waals surface area contributed by atoms with Gasteiger partial charge in [0.2, 0.25) is 6.29 Å². The molecule has 5 N–H and O–H groups in total. The molecule has 3 unspecified atom stereocenters. The zero-order valence-corrected chi connectivity index (χ0v) is 19.1. The van der Waals surface area contributed by atoms with E-state index in [0.717, 1.165) is 6.07 Å². The van der Waals surface area contributed by atoms with Crippen LogP contribution in [-0.4, -0.2) is 75.6 Å². The first-order chi connectivity index (χ1) is 17.1. The molecule has 1 aromatic heterocycles. The van der Waals surface area contributed by atoms with E-state index < -0.39 is 54.1 Å². The molecule has 12 heteroatoms. The minimum Gasteiger partial charge on any atom is -0.507 e. The minimum atomic E-state index is -1.89. The lowest BCUT2D eigenvalue weighted by molar-refractivity contribution is -0.271. The first kappa shape index (κ1) is 25.4. The second kappa shape index (κ2) is 10.1. The van der Waals surface area contributed by atoms with Gasteiger partial charge in [-0.3, -0.25) is 4.79 Å². The fourth-order valence-corrected chi connectivity index (χ4v) is 3.67. The van der Waals surface area contributed by atoms with Gasteiger partial charge in [0, 0.05) is 30.9 Å². The number of hydrogen-bond donors (Lipinski definition) is 5. The summed E-state index contributed by atoms with van der Waals surface area (Å²) in [5, 5.41) is 49.4. The molecule has 1 aliphatic heterocycles. The monoisotopic (exact) mass is 504 g/mol. The number of phenols is 1. The van der Waals surface area contributed by atoms with Crippen LogP contribution < -0.4 is 14.9 Å². The largest absolute Gasteiger partial charge is 0.507 e. The molecule has 192 valence electrons. The summed E-state index contributed by atoms with van der Waals surface area (Å²) in [6, 6.07) is 10.1. The number of ether oxygens (including phenoxy) is 4. The number of methoxy groups -OCH3 is 1. The molecule has 0 bridgehead atoms. The molecule has 3 aromatic rings. The Morgan fingerprint density at radius 3 is 2.33 bits per heavy atom. The number of aromatic hydroxyl groups is 1. The van der Waals surface area contributed by atoms with Crippen LogP contribution in [0.5, 0.6) is 17.2 Å². The van der Waals surface area contributed by atoms with Gasteiger partial charge in [-0.2, -0.15) is 0 Å². The Bertz CT molecular complexity index is 1300. The summed E-state index contributed by atoms with van der Waals surface area (Å²) in [5.41, 5.74) is -0.0757. The summed E-state index contributed by atoms with van der Waals surface area (Å²) in [6.45, 7) is 1.73. The van der Waals surface area contributed by atoms with Crippen LogP contribution in [0.1, 0.15) is 6.92 Å². The maximum atomic E-state index is 12.7. The van der Waals surface area contributed by atoms with Gasteiger partial charge in [-0.25, -0.2) is 4.79 Å². The number of fused-ring (bicyclic) bond motifs is 1. The average molecular weight is 504 g/mol. The van der Waals surface area contributed by atoms with Gasteiger partial charge in [-0.1, -0.05) is 0 Å². The summed E-state index contributed by atoms with van der Waals surface area (Å²) in [6.07, 6.45) is -9.62. The first-order valence-electron chi connectivity index (χ1n) is 10.8. The zero-order valence-electron chi connectivity index (χ0n) is 19.1. The third kappa shape index (κ3) is 4.98. The normalized spacial score (nSPS) is 24.9. The number of phenolic OH excluding ortho intramolecular Hbond substituents is 1. The lowest BCUT2D eigenvalue weighted by Crippen LogP contribution is -2.61. The summed E-state index contributed by atoms with van der Waals surface area (Å²) in [7, 11) is 1.51. The van der Waals surface area contributed by atoms with Crippen LogP contribution in [0.2, 0.25) is 0 Å². The van der Waals surface area contributed by atoms with Crippen LogP contribution in [0, 0.1) is 0 Å². The topological polar surface area (TPSA) is 185 Å². The summed E-state index contributed by atoms with van der Waals surface area (Å²) < 4.78 is 26.9. The molecule has 12 nitrogen and oxygen atoms in total. The molecule has 2 aromatic carbocycles. The number of hydrogen-bond acceptors (Lipinski definition) is 11. The van der Waals surface area contributed by atoms with Crippen LogP contribution >= 0.6 is 0 Å². The van der Waals surface area contributed by atoms with E-state index >= 15 is 0 Å². The van der Waals surface area contributed by atoms with Crippen molar-refractivity contribution in [3.8, 4) is 28.6 Å². The number of rotatable bonds is 7. The van der Waals surface area contributed by atoms with Crippen molar-refractivity contribution in [2.45, 2.75) is 43.9 Å². The van der Waals surface area contributed by atoms with Gasteiger partial charge in [-0.15, -0.1) is 0 Å². The van der Waals surface area contributed by atoms with Crippen molar-refractivity contribution >= 4 is 16.9 Å². The van der Waals surface area contributed by atoms with Crippen molar-refractivity contribution in [2.24, 2.45) is 0 Å². The third-order valence-electron chi connectivity index (χ3n) is 5.62. The highest BCUT2D eigenvalue weighted by Gasteiger charge is 2.48. The lowest BCUT2D eigenvalue weighted by atomic mass is 9.99. The highest BCUT2D eigenvalue weighted by molar-refractivity contribution is 5.86. The molecule has 6 atom stereocenters. The first-order valence-corrected chi connectivity index (χ1v) is 10.8. The molecule has 1 fully saturated rings. The van der Waals surface area contributed by atoms with Crippen LogP contribution in [0.25, 0.3) is 22.3 Å². The number of aliphatic hydroxyl groups is 3. The van der Waals surface area contributed by atoms with Gasteiger partial charge in [-0.05, 0) is 31.2 Å². The van der Waals surface area contributed by atoms with E-state index in [1.165, 1.54) is 19.2 Å². The molecule has 0 saturated carbocycles. The molecule has 0 aliphatic carbocycles. The summed E-state index contributed by atoms with van der Waals surface area (Å²) in [5.74, 6) is -1.53. The molecule has 0 radical (unpaired) electrons. The molecular weight excluding hydrogens is 480 g/mol. The molecular formula is C24H24O12. The molecule has 0 spiro atoms. The predicted octanol–water partition coefficient (Wildman–Crippen LogP) is 0.808. The van der Waals surface area contributed by atoms with Crippen molar-refractivity contribution in [3.63, 3.8) is 0 Å². The summed E-state index contributed by atoms with van der Waals surface area (Å²) in [4.78, 5) is 24.0. The maximum Gasteiger partial charge on any atom is 0.335 e. The molecule has 2 heterocycles. The van der Waals surface area contributed by atoms with E-state index in [2.05, 4.69) is 0 Å². The van der Waals surface area contributed by atoms with Crippen molar-refractivity contribution in [1.82, 2.24) is 0 Å². The van der Waals surface area contributed by atoms with E-state index in [4.69, 9.17) is 23.4 Å². The van der Waals surface area contributed by atoms with E-state index in [1.807, 2.05) is 0 Å². The molecule has 4 rings (SSSR count). The molecule has 1 aliphatic rings. The number of carboxylic acid groups (broad SMARTS) is 1. The second-order valence-electron chi connectivity index (χ2n) is 8.09. The smallest absolute Gasteiger partial charge is 0.335 e. The quantitative estimate of drug-likeness (QED) is 0.286. The minimum absolute atomic E-state index is 0.0681. The van der Waals surface area contributed by atoms with Gasteiger partial charge in [0.25, 0.3) is 0 Å². The van der Waals surface area contributed by atoms with E-state index in [-0.39, 0.29) is 22.5 Å². The van der Waals surface area contributed by atoms with Crippen molar-refractivity contribution < 1.29 is 53.7 Å². The van der Waals surface area contributed by atoms with Crippen LogP contribution in [0.3, 0.4) is 0 Å². The number of benzene rings is 2. The van der Waals surface area contributed by atoms with Crippen LogP contribution in [-0.2, 0) is 14.3 Å². The van der Waals surface area contributed by atoms with E-state index in [1.54, 1.807) is 31.2 Å². The number of aliphatic carboxylic acids is 1. The van der Waals surface area contributed by atoms with Gasteiger partial charge in [0.05, 0.1) is 0 Å². The number of aliphatic hydroxyl groups excluding tert-OH is 3. The van der Waals surface area contributed by atoms with Crippen LogP contribution in [0.15, 0.2) is 51.7 Å². The lowest BCUT2D eigenvalue weighted by Gasteiger charge is -2.38. The Morgan fingerprint density at radius 2 is 1.69 bits per heavy atom. The fourth-order valence-electron chi connectivity index (χ4n) is 3.67. The van der Waals surface area contributed by atoms with Crippen molar-refractivity contribution in [1.29, 1.82) is 0 Å². The Kier molecular flexibility index (Phi) is 7.15. The van der Waals surface area contributed by atoms with Gasteiger partial charge < -0.3 is 48.9 Å². The second-order valence-corrected chi connectivity index (χ2v) is 8.09. The van der Waals surface area contributed by atoms with Gasteiger partial charge in [0.1, 0.15) is 52.3 Å². The van der Waals surface area contributed by atoms with Crippen molar-refractivity contribution in [2.75, 3.05) is 7.11 Å². The number of carboxylic acids is 1. The highest BCUT2D eigenvalue weighted by atomic mass is 16.7. The van der Waals surface area contributed by atoms with E-state index in [0.29, 0.717) is 11.3 Å². The average Bonchev–Trinajstić information content (AvgIpc) is 2.84. The standard InChI is InChI=1S/C24H24O12/c1-10(32-2)33-12-5-3-11(4-6-12)16-9-15(26)18-14(25)7-13(8-17(18)35-16)34-24-21(29)19(27)20(28)22(36-24)23(30)31/h3-10,19-22,24-25,27-29H,1-2H3,(H,30,31)/t10-,19?,20-,21?,22?,24+/m0/s1. The highest BCUT2D eigenvalue weighted by Crippen LogP contribution is 2.33. The zero-order chi connectivity index (χ0) is 26.1. The maximum absolute atomic E-state index is 12.7. The van der Waals surface area contributed by atoms with Crippen LogP contribution in [0.4, 0.5) is 0 Å². The summed E-state index contributed by atoms with van der Waals surface area (Å²) >= 11 is 0.